The summed E-state index contributed by atoms with van der Waals surface area (Å²) in [5, 5.41) is 34.5. The molecule has 3 aromatic rings. The van der Waals surface area contributed by atoms with E-state index in [1.165, 1.54) is 25.7 Å². The number of amides is 8. The number of rotatable bonds is 33. The molecule has 0 saturated carbocycles. The van der Waals surface area contributed by atoms with Gasteiger partial charge in [0.2, 0.25) is 47.3 Å². The van der Waals surface area contributed by atoms with Gasteiger partial charge < -0.3 is 68.8 Å². The highest BCUT2D eigenvalue weighted by atomic mass is 19.1. The summed E-state index contributed by atoms with van der Waals surface area (Å²) in [6.07, 6.45) is 1.45. The molecule has 434 valence electrons. The molecule has 25 heteroatoms. The first-order valence-corrected chi connectivity index (χ1v) is 26.0. The number of halogens is 2. The molecule has 14 N–H and O–H groups in total. The van der Waals surface area contributed by atoms with Crippen LogP contribution in [0.15, 0.2) is 60.8 Å². The Morgan fingerprint density at radius 3 is 1.94 bits per heavy atom. The van der Waals surface area contributed by atoms with Gasteiger partial charge in [-0.2, -0.15) is 0 Å². The van der Waals surface area contributed by atoms with Crippen molar-refractivity contribution in [2.45, 2.75) is 148 Å². The number of unbranched alkanes of at least 4 members (excludes halogenated alkanes) is 1. The molecule has 0 aliphatic heterocycles. The molecule has 2 aromatic carbocycles. The van der Waals surface area contributed by atoms with Gasteiger partial charge in [-0.25, -0.2) is 8.78 Å². The van der Waals surface area contributed by atoms with Crippen LogP contribution in [0.1, 0.15) is 117 Å². The first-order valence-electron chi connectivity index (χ1n) is 26.0. The van der Waals surface area contributed by atoms with Crippen LogP contribution in [0.3, 0.4) is 0 Å². The molecule has 0 aliphatic rings. The summed E-state index contributed by atoms with van der Waals surface area (Å²) >= 11 is 0. The lowest BCUT2D eigenvalue weighted by atomic mass is 9.82. The normalized spacial score (nSPS) is 14.0. The number of nitrogens with two attached hydrogens (primary N) is 3. The number of nitrogens with zero attached hydrogens (tertiary/aromatic N) is 2. The Morgan fingerprint density at radius 1 is 0.734 bits per heavy atom. The molecule has 0 unspecified atom stereocenters. The lowest BCUT2D eigenvalue weighted by molar-refractivity contribution is -0.140. The van der Waals surface area contributed by atoms with Crippen molar-refractivity contribution in [3.8, 4) is 11.1 Å². The first kappa shape index (κ1) is 65.6. The molecular formula is C54H77F2N11O12. The fourth-order valence-electron chi connectivity index (χ4n) is 8.59. The molecule has 23 nitrogen and oxygen atoms in total. The quantitative estimate of drug-likeness (QED) is 0.0378. The molecule has 8 amide bonds. The Bertz CT molecular complexity index is 2610. The standard InChI is InChI=1S/C54H77F2N11O12/c1-31(62-51(76)41(63-33(3)69)16-10-11-22-57)48(73)61-32(2)49(74)65-43(27-45(59)71)52(77)64-42(50(75)60-23-12-15-37(70)18-20-40(58)53(78)79)21-24-67(46(72)30-68)47(54(4,5)6)44-25-35(38-26-36(55)17-19-39(38)56)29-66(44)28-34-13-8-7-9-14-34/h7-9,13-14,17,19,25-26,29,31-32,40-43,47,68H,10-12,15-16,18,20-24,27-28,30,57-58H2,1-6H3,(H2,59,71)(H,60,75)(H,61,73)(H,62,76)(H,63,69)(H,64,77)(H,65,74)(H,78,79)/t31-,32-,40-,41-,42-,43-,47-/m0/s1. The number of aromatic nitrogens is 1. The maximum Gasteiger partial charge on any atom is 0.320 e. The third-order valence-corrected chi connectivity index (χ3v) is 12.7. The van der Waals surface area contributed by atoms with Gasteiger partial charge in [0.1, 0.15) is 60.3 Å². The monoisotopic (exact) mass is 1110 g/mol. The first-order chi connectivity index (χ1) is 37.2. The van der Waals surface area contributed by atoms with Crippen LogP contribution in [0.5, 0.6) is 0 Å². The smallest absolute Gasteiger partial charge is 0.320 e. The number of nitrogens with one attached hydrogen (secondary N) is 6. The number of benzene rings is 2. The highest BCUT2D eigenvalue weighted by Gasteiger charge is 2.39. The van der Waals surface area contributed by atoms with E-state index in [0.29, 0.717) is 25.1 Å². The van der Waals surface area contributed by atoms with Crippen molar-refractivity contribution < 1.29 is 66.9 Å². The number of carboxylic acid groups (broad SMARTS) is 1. The van der Waals surface area contributed by atoms with Crippen LogP contribution in [-0.4, -0.2) is 141 Å². The van der Waals surface area contributed by atoms with Crippen LogP contribution in [0.2, 0.25) is 0 Å². The minimum Gasteiger partial charge on any atom is -0.480 e. The summed E-state index contributed by atoms with van der Waals surface area (Å²) in [7, 11) is 0. The number of aliphatic carboxylic acids is 1. The predicted molar refractivity (Wildman–Crippen MR) is 286 cm³/mol. The van der Waals surface area contributed by atoms with E-state index < -0.39 is 132 Å². The molecule has 0 bridgehead atoms. The summed E-state index contributed by atoms with van der Waals surface area (Å²) in [6, 6.07) is 4.55. The molecule has 0 fully saturated rings. The predicted octanol–water partition coefficient (Wildman–Crippen LogP) is 0.926. The summed E-state index contributed by atoms with van der Waals surface area (Å²) in [5.41, 5.74) is 17.1. The Balaban J connectivity index is 1.99. The van der Waals surface area contributed by atoms with Crippen LogP contribution in [0.25, 0.3) is 11.1 Å². The molecule has 0 saturated heterocycles. The van der Waals surface area contributed by atoms with Gasteiger partial charge in [0.05, 0.1) is 12.5 Å². The van der Waals surface area contributed by atoms with Crippen LogP contribution in [0.4, 0.5) is 8.78 Å². The van der Waals surface area contributed by atoms with Crippen molar-refractivity contribution in [1.82, 2.24) is 41.4 Å². The maximum absolute atomic E-state index is 15.4. The second-order valence-electron chi connectivity index (χ2n) is 20.4. The number of aliphatic hydroxyl groups is 1. The molecule has 0 aliphatic carbocycles. The molecule has 0 radical (unpaired) electrons. The van der Waals surface area contributed by atoms with E-state index in [1.54, 1.807) is 37.6 Å². The van der Waals surface area contributed by atoms with Gasteiger partial charge in [0, 0.05) is 62.4 Å². The number of hydrogen-bond acceptors (Lipinski definition) is 13. The SMILES string of the molecule is CC(=O)N[C@@H](CCCCN)C(=O)N[C@@H](C)C(=O)N[C@@H](C)C(=O)N[C@@H](CC(N)=O)C(=O)N[C@@H](CCN(C(=O)CO)[C@@H](c1cc(-c2cc(F)ccc2F)cn1Cc1ccccc1)C(C)(C)C)C(=O)NCCCC(=O)CC[C@H](N)C(=O)O. The topological polar surface area (TPSA) is 370 Å². The molecule has 0 spiro atoms. The van der Waals surface area contributed by atoms with Gasteiger partial charge >= 0.3 is 5.97 Å². The Kier molecular flexibility index (Phi) is 26.3. The molecular weight excluding hydrogens is 1030 g/mol. The second kappa shape index (κ2) is 31.7. The fraction of sp³-hybridized carbons (Fsp3) is 0.519. The number of primary amides is 1. The summed E-state index contributed by atoms with van der Waals surface area (Å²) < 4.78 is 31.8. The zero-order valence-electron chi connectivity index (χ0n) is 45.6. The minimum atomic E-state index is -1.76. The third-order valence-electron chi connectivity index (χ3n) is 12.7. The Hall–Kier alpha value is -7.64. The van der Waals surface area contributed by atoms with Gasteiger partial charge in [-0.3, -0.25) is 47.9 Å². The number of Topliss-reactive ketones (excluding diaryl/α,β-unsaturated/α-hetero) is 1. The van der Waals surface area contributed by atoms with E-state index in [9.17, 15) is 57.4 Å². The van der Waals surface area contributed by atoms with E-state index in [1.807, 2.05) is 30.3 Å². The van der Waals surface area contributed by atoms with Crippen LogP contribution in [-0.2, 0) is 54.5 Å². The van der Waals surface area contributed by atoms with Gasteiger partial charge in [-0.15, -0.1) is 0 Å². The van der Waals surface area contributed by atoms with Gasteiger partial charge in [0.25, 0.3) is 0 Å². The molecule has 3 rings (SSSR count). The summed E-state index contributed by atoms with van der Waals surface area (Å²) in [4.78, 5) is 131. The lowest BCUT2D eigenvalue weighted by Crippen LogP contribution is -2.59. The highest BCUT2D eigenvalue weighted by molar-refractivity contribution is 5.97. The molecule has 1 aromatic heterocycles. The van der Waals surface area contributed by atoms with Crippen molar-refractivity contribution in [2.24, 2.45) is 22.6 Å². The highest BCUT2D eigenvalue weighted by Crippen LogP contribution is 2.41. The van der Waals surface area contributed by atoms with Crippen LogP contribution < -0.4 is 49.1 Å². The second-order valence-corrected chi connectivity index (χ2v) is 20.4. The van der Waals surface area contributed by atoms with Crippen molar-refractivity contribution >= 4 is 59.0 Å². The largest absolute Gasteiger partial charge is 0.480 e. The van der Waals surface area contributed by atoms with E-state index >= 15 is 4.39 Å². The summed E-state index contributed by atoms with van der Waals surface area (Å²) in [6.45, 7) is 8.23. The van der Waals surface area contributed by atoms with Crippen molar-refractivity contribution in [3.63, 3.8) is 0 Å². The van der Waals surface area contributed by atoms with Gasteiger partial charge in [-0.1, -0.05) is 51.1 Å². The minimum absolute atomic E-state index is 0.0678. The summed E-state index contributed by atoms with van der Waals surface area (Å²) in [5.74, 6) is -9.86. The number of carboxylic acids is 1. The fourth-order valence-corrected chi connectivity index (χ4v) is 8.59. The number of carbonyl (C=O) groups excluding carboxylic acids is 9. The Labute approximate surface area is 457 Å². The van der Waals surface area contributed by atoms with Gasteiger partial charge in [-0.05, 0) is 94.2 Å². The van der Waals surface area contributed by atoms with Crippen molar-refractivity contribution in [2.75, 3.05) is 26.2 Å². The third kappa shape index (κ3) is 21.6. The zero-order chi connectivity index (χ0) is 59.1. The zero-order valence-corrected chi connectivity index (χ0v) is 45.6. The number of aliphatic hydroxyl groups excluding tert-OH is 1. The molecule has 1 heterocycles. The van der Waals surface area contributed by atoms with Crippen LogP contribution >= 0.6 is 0 Å². The molecule has 7 atom stereocenters. The Morgan fingerprint density at radius 2 is 1.34 bits per heavy atom. The average Bonchev–Trinajstić information content (AvgIpc) is 3.91. The van der Waals surface area contributed by atoms with Crippen molar-refractivity contribution in [3.05, 3.63) is 83.7 Å². The van der Waals surface area contributed by atoms with E-state index in [-0.39, 0.29) is 68.6 Å². The lowest BCUT2D eigenvalue weighted by Gasteiger charge is -2.41. The average molecular weight is 1110 g/mol. The molecule has 79 heavy (non-hydrogen) atoms. The number of ketones is 1. The van der Waals surface area contributed by atoms with E-state index in [2.05, 4.69) is 31.9 Å². The van der Waals surface area contributed by atoms with Gasteiger partial charge in [0.15, 0.2) is 0 Å². The van der Waals surface area contributed by atoms with Crippen LogP contribution in [0, 0.1) is 17.0 Å². The number of carbonyl (C=O) groups is 10. The van der Waals surface area contributed by atoms with E-state index in [0.717, 1.165) is 23.8 Å². The van der Waals surface area contributed by atoms with Crippen molar-refractivity contribution in [1.29, 1.82) is 0 Å². The van der Waals surface area contributed by atoms with E-state index in [4.69, 9.17) is 22.3 Å². The number of hydrogen-bond donors (Lipinski definition) is 11. The maximum atomic E-state index is 15.4.